The van der Waals surface area contributed by atoms with Gasteiger partial charge in [-0.05, 0) is 57.4 Å². The molecule has 0 bridgehead atoms. The fourth-order valence-electron chi connectivity index (χ4n) is 4.07. The van der Waals surface area contributed by atoms with E-state index in [2.05, 4.69) is 56.4 Å². The Kier molecular flexibility index (Phi) is 3.01. The first kappa shape index (κ1) is 13.2. The first-order valence-electron chi connectivity index (χ1n) is 7.74. The van der Waals surface area contributed by atoms with Gasteiger partial charge in [-0.2, -0.15) is 0 Å². The van der Waals surface area contributed by atoms with Crippen LogP contribution in [0.1, 0.15) is 58.4 Å². The summed E-state index contributed by atoms with van der Waals surface area (Å²) in [5.41, 5.74) is 2.87. The molecule has 0 aromatic heterocycles. The molecule has 0 amide bonds. The molecule has 1 spiro atoms. The Balaban J connectivity index is 1.77. The fraction of sp³-hybridized carbons (Fsp3) is 0.667. The molecule has 1 heteroatoms. The maximum absolute atomic E-state index is 3.75. The average Bonchev–Trinajstić information content (AvgIpc) is 2.25. The summed E-state index contributed by atoms with van der Waals surface area (Å²) in [5, 5.41) is 3.75. The summed E-state index contributed by atoms with van der Waals surface area (Å²) in [5.74, 6) is 0. The van der Waals surface area contributed by atoms with Gasteiger partial charge in [-0.1, -0.05) is 36.8 Å². The van der Waals surface area contributed by atoms with E-state index in [4.69, 9.17) is 0 Å². The van der Waals surface area contributed by atoms with Gasteiger partial charge < -0.3 is 5.32 Å². The van der Waals surface area contributed by atoms with E-state index >= 15 is 0 Å². The average molecular weight is 257 g/mol. The minimum Gasteiger partial charge on any atom is -0.311 e. The zero-order chi connectivity index (χ0) is 13.6. The van der Waals surface area contributed by atoms with Crippen LogP contribution in [0, 0.1) is 5.41 Å². The summed E-state index contributed by atoms with van der Waals surface area (Å²) in [4.78, 5) is 0. The van der Waals surface area contributed by atoms with Crippen molar-refractivity contribution in [2.75, 3.05) is 6.54 Å². The maximum atomic E-state index is 3.75. The van der Waals surface area contributed by atoms with Gasteiger partial charge in [0.15, 0.2) is 0 Å². The van der Waals surface area contributed by atoms with Crippen molar-refractivity contribution in [3.8, 4) is 0 Å². The van der Waals surface area contributed by atoms with Gasteiger partial charge in [0, 0.05) is 17.5 Å². The molecule has 3 rings (SSSR count). The van der Waals surface area contributed by atoms with Gasteiger partial charge in [-0.25, -0.2) is 0 Å². The molecule has 0 unspecified atom stereocenters. The van der Waals surface area contributed by atoms with Crippen LogP contribution in [0.4, 0.5) is 0 Å². The van der Waals surface area contributed by atoms with Gasteiger partial charge in [-0.3, -0.25) is 0 Å². The molecule has 1 N–H and O–H groups in total. The second-order valence-corrected chi connectivity index (χ2v) is 7.96. The molecule has 2 aliphatic carbocycles. The largest absolute Gasteiger partial charge is 0.311 e. The predicted molar refractivity (Wildman–Crippen MR) is 81.4 cm³/mol. The smallest absolute Gasteiger partial charge is 0.00968 e. The molecular formula is C18H27N. The van der Waals surface area contributed by atoms with E-state index < -0.39 is 0 Å². The summed E-state index contributed by atoms with van der Waals surface area (Å²) in [6.45, 7) is 7.93. The highest BCUT2D eigenvalue weighted by molar-refractivity contribution is 5.32. The number of hydrogen-bond donors (Lipinski definition) is 1. The minimum absolute atomic E-state index is 0.212. The van der Waals surface area contributed by atoms with E-state index in [-0.39, 0.29) is 5.54 Å². The van der Waals surface area contributed by atoms with Crippen molar-refractivity contribution in [3.63, 3.8) is 0 Å². The molecule has 0 atom stereocenters. The molecule has 0 saturated heterocycles. The van der Waals surface area contributed by atoms with E-state index in [0.717, 1.165) is 12.0 Å². The SMILES string of the molecule is CC(C)(C)NCC1(c2ccccc2)CC2(CCC2)C1. The summed E-state index contributed by atoms with van der Waals surface area (Å²) in [6, 6.07) is 11.2. The molecule has 104 valence electrons. The van der Waals surface area contributed by atoms with Crippen LogP contribution in [0.3, 0.4) is 0 Å². The minimum atomic E-state index is 0.212. The van der Waals surface area contributed by atoms with Crippen LogP contribution < -0.4 is 5.32 Å². The third-order valence-electron chi connectivity index (χ3n) is 5.18. The van der Waals surface area contributed by atoms with Gasteiger partial charge in [0.25, 0.3) is 0 Å². The third-order valence-corrected chi connectivity index (χ3v) is 5.18. The summed E-state index contributed by atoms with van der Waals surface area (Å²) < 4.78 is 0. The van der Waals surface area contributed by atoms with E-state index in [1.165, 1.54) is 32.1 Å². The second kappa shape index (κ2) is 4.34. The van der Waals surface area contributed by atoms with E-state index in [0.29, 0.717) is 5.41 Å². The predicted octanol–water partition coefficient (Wildman–Crippen LogP) is 4.28. The first-order valence-corrected chi connectivity index (χ1v) is 7.74. The molecule has 0 heterocycles. The van der Waals surface area contributed by atoms with Gasteiger partial charge in [0.1, 0.15) is 0 Å². The molecule has 0 radical (unpaired) electrons. The monoisotopic (exact) mass is 257 g/mol. The number of rotatable bonds is 3. The number of hydrogen-bond acceptors (Lipinski definition) is 1. The van der Waals surface area contributed by atoms with E-state index in [1.54, 1.807) is 5.56 Å². The second-order valence-electron chi connectivity index (χ2n) is 7.96. The van der Waals surface area contributed by atoms with Crippen molar-refractivity contribution >= 4 is 0 Å². The van der Waals surface area contributed by atoms with E-state index in [9.17, 15) is 0 Å². The maximum Gasteiger partial charge on any atom is 0.00968 e. The highest BCUT2D eigenvalue weighted by Crippen LogP contribution is 2.64. The fourth-order valence-corrected chi connectivity index (χ4v) is 4.07. The van der Waals surface area contributed by atoms with Crippen LogP contribution in [0.15, 0.2) is 30.3 Å². The molecule has 2 saturated carbocycles. The van der Waals surface area contributed by atoms with Crippen LogP contribution in [-0.4, -0.2) is 12.1 Å². The highest BCUT2D eigenvalue weighted by Gasteiger charge is 2.57. The van der Waals surface area contributed by atoms with Gasteiger partial charge in [0.05, 0.1) is 0 Å². The van der Waals surface area contributed by atoms with Crippen LogP contribution in [0.5, 0.6) is 0 Å². The van der Waals surface area contributed by atoms with Crippen LogP contribution in [0.2, 0.25) is 0 Å². The van der Waals surface area contributed by atoms with Crippen molar-refractivity contribution in [3.05, 3.63) is 35.9 Å². The molecule has 1 aromatic rings. The van der Waals surface area contributed by atoms with Crippen LogP contribution >= 0.6 is 0 Å². The van der Waals surface area contributed by atoms with E-state index in [1.807, 2.05) is 0 Å². The van der Waals surface area contributed by atoms with Crippen molar-refractivity contribution in [1.82, 2.24) is 5.32 Å². The third kappa shape index (κ3) is 2.45. The Morgan fingerprint density at radius 1 is 1.05 bits per heavy atom. The van der Waals surface area contributed by atoms with Gasteiger partial charge >= 0.3 is 0 Å². The molecule has 2 fully saturated rings. The Labute approximate surface area is 117 Å². The molecule has 1 nitrogen and oxygen atoms in total. The number of benzene rings is 1. The topological polar surface area (TPSA) is 12.0 Å². The van der Waals surface area contributed by atoms with Gasteiger partial charge in [0.2, 0.25) is 0 Å². The summed E-state index contributed by atoms with van der Waals surface area (Å²) in [6.07, 6.45) is 7.19. The molecule has 19 heavy (non-hydrogen) atoms. The Bertz CT molecular complexity index is 429. The van der Waals surface area contributed by atoms with Crippen LogP contribution in [0.25, 0.3) is 0 Å². The number of nitrogens with one attached hydrogen (secondary N) is 1. The lowest BCUT2D eigenvalue weighted by atomic mass is 9.43. The lowest BCUT2D eigenvalue weighted by Gasteiger charge is -2.62. The first-order chi connectivity index (χ1) is 8.93. The standard InChI is InChI=1S/C18H27N/c1-16(2,3)19-14-18(15-8-5-4-6-9-15)12-17(13-18)10-7-11-17/h4-6,8-9,19H,7,10-14H2,1-3H3. The van der Waals surface area contributed by atoms with Crippen molar-refractivity contribution in [2.45, 2.75) is 63.8 Å². The summed E-state index contributed by atoms with van der Waals surface area (Å²) in [7, 11) is 0. The highest BCUT2D eigenvalue weighted by atomic mass is 15.0. The van der Waals surface area contributed by atoms with Crippen LogP contribution in [-0.2, 0) is 5.41 Å². The van der Waals surface area contributed by atoms with Crippen molar-refractivity contribution in [1.29, 1.82) is 0 Å². The Morgan fingerprint density at radius 3 is 2.16 bits per heavy atom. The molecule has 0 aliphatic heterocycles. The Morgan fingerprint density at radius 2 is 1.68 bits per heavy atom. The van der Waals surface area contributed by atoms with Gasteiger partial charge in [-0.15, -0.1) is 0 Å². The van der Waals surface area contributed by atoms with Crippen molar-refractivity contribution < 1.29 is 0 Å². The van der Waals surface area contributed by atoms with Crippen molar-refractivity contribution in [2.24, 2.45) is 5.41 Å². The lowest BCUT2D eigenvalue weighted by molar-refractivity contribution is -0.0503. The normalized spacial score (nSPS) is 23.7. The molecular weight excluding hydrogens is 230 g/mol. The summed E-state index contributed by atoms with van der Waals surface area (Å²) >= 11 is 0. The Hall–Kier alpha value is -0.820. The molecule has 2 aliphatic rings. The quantitative estimate of drug-likeness (QED) is 0.852. The zero-order valence-electron chi connectivity index (χ0n) is 12.6. The lowest BCUT2D eigenvalue weighted by Crippen LogP contribution is -2.59. The molecule has 1 aromatic carbocycles. The zero-order valence-corrected chi connectivity index (χ0v) is 12.6.